The monoisotopic (exact) mass is 308 g/mol. The lowest BCUT2D eigenvalue weighted by Gasteiger charge is -2.32. The van der Waals surface area contributed by atoms with Crippen LogP contribution in [0.5, 0.6) is 0 Å². The molecule has 1 amide bonds. The van der Waals surface area contributed by atoms with Crippen molar-refractivity contribution >= 4 is 5.91 Å². The number of aromatic amines is 1. The van der Waals surface area contributed by atoms with E-state index in [1.165, 1.54) is 5.56 Å². The van der Waals surface area contributed by atoms with Gasteiger partial charge in [0.2, 0.25) is 11.5 Å². The molecule has 0 radical (unpaired) electrons. The highest BCUT2D eigenvalue weighted by atomic mass is 16.2. The van der Waals surface area contributed by atoms with Gasteiger partial charge in [-0.1, -0.05) is 29.8 Å². The van der Waals surface area contributed by atoms with Gasteiger partial charge < -0.3 is 9.88 Å². The number of rotatable bonds is 2. The first-order valence-corrected chi connectivity index (χ1v) is 8.15. The van der Waals surface area contributed by atoms with Gasteiger partial charge in [-0.25, -0.2) is 0 Å². The van der Waals surface area contributed by atoms with E-state index in [1.807, 2.05) is 4.90 Å². The zero-order chi connectivity index (χ0) is 16.0. The van der Waals surface area contributed by atoms with E-state index >= 15 is 0 Å². The molecule has 1 fully saturated rings. The van der Waals surface area contributed by atoms with Gasteiger partial charge in [0.15, 0.2) is 0 Å². The first kappa shape index (κ1) is 14.2. The number of hydrogen-bond donors (Lipinski definition) is 1. The molecule has 0 atom stereocenters. The first-order valence-electron chi connectivity index (χ1n) is 8.15. The van der Waals surface area contributed by atoms with Crippen LogP contribution in [-0.2, 0) is 23.2 Å². The minimum Gasteiger partial charge on any atom is -0.337 e. The maximum Gasteiger partial charge on any atom is 0.248 e. The molecule has 1 aliphatic heterocycles. The van der Waals surface area contributed by atoms with Crippen LogP contribution in [0.4, 0.5) is 0 Å². The third kappa shape index (κ3) is 2.38. The molecule has 23 heavy (non-hydrogen) atoms. The van der Waals surface area contributed by atoms with Gasteiger partial charge in [-0.15, -0.1) is 0 Å². The lowest BCUT2D eigenvalue weighted by Crippen LogP contribution is -2.42. The maximum absolute atomic E-state index is 13.1. The van der Waals surface area contributed by atoms with E-state index in [4.69, 9.17) is 0 Å². The third-order valence-electron chi connectivity index (χ3n) is 5.17. The second kappa shape index (κ2) is 5.08. The fourth-order valence-corrected chi connectivity index (χ4v) is 3.56. The molecular weight excluding hydrogens is 288 g/mol. The van der Waals surface area contributed by atoms with Crippen molar-refractivity contribution in [3.63, 3.8) is 0 Å². The first-order chi connectivity index (χ1) is 11.1. The Morgan fingerprint density at radius 3 is 2.61 bits per heavy atom. The Bertz CT molecular complexity index is 816. The molecule has 4 heteroatoms. The number of pyridine rings is 1. The van der Waals surface area contributed by atoms with Crippen LogP contribution in [-0.4, -0.2) is 22.3 Å². The average Bonchev–Trinajstić information content (AvgIpc) is 3.36. The molecule has 1 N–H and O–H groups in total. The molecule has 1 aliphatic carbocycles. The highest BCUT2D eigenvalue weighted by molar-refractivity contribution is 5.91. The SMILES string of the molecule is Cc1ccc(C2(C(=O)N3CCc4cc(=O)[nH]cc4C3)CC2)cc1. The Labute approximate surface area is 135 Å². The zero-order valence-electron chi connectivity index (χ0n) is 13.3. The summed E-state index contributed by atoms with van der Waals surface area (Å²) in [7, 11) is 0. The van der Waals surface area contributed by atoms with Gasteiger partial charge in [0.05, 0.1) is 5.41 Å². The van der Waals surface area contributed by atoms with Crippen LogP contribution < -0.4 is 5.56 Å². The minimum atomic E-state index is -0.312. The number of nitrogens with zero attached hydrogens (tertiary/aromatic N) is 1. The molecule has 0 spiro atoms. The summed E-state index contributed by atoms with van der Waals surface area (Å²) in [6, 6.07) is 10.0. The van der Waals surface area contributed by atoms with Gasteiger partial charge in [-0.2, -0.15) is 0 Å². The number of benzene rings is 1. The molecule has 2 aromatic rings. The van der Waals surface area contributed by atoms with Crippen molar-refractivity contribution in [1.82, 2.24) is 9.88 Å². The summed E-state index contributed by atoms with van der Waals surface area (Å²) in [6.07, 6.45) is 4.38. The number of H-pyrrole nitrogens is 1. The molecule has 118 valence electrons. The molecule has 4 rings (SSSR count). The molecule has 1 saturated carbocycles. The van der Waals surface area contributed by atoms with Gasteiger partial charge in [-0.3, -0.25) is 9.59 Å². The van der Waals surface area contributed by atoms with Crippen molar-refractivity contribution in [2.75, 3.05) is 6.54 Å². The van der Waals surface area contributed by atoms with Gasteiger partial charge in [0.1, 0.15) is 0 Å². The molecule has 0 unspecified atom stereocenters. The van der Waals surface area contributed by atoms with Crippen LogP contribution in [0.25, 0.3) is 0 Å². The second-order valence-electron chi connectivity index (χ2n) is 6.77. The number of aryl methyl sites for hydroxylation is 1. The van der Waals surface area contributed by atoms with E-state index in [9.17, 15) is 9.59 Å². The minimum absolute atomic E-state index is 0.0677. The lowest BCUT2D eigenvalue weighted by molar-refractivity contribution is -0.134. The predicted molar refractivity (Wildman–Crippen MR) is 88.3 cm³/mol. The fourth-order valence-electron chi connectivity index (χ4n) is 3.56. The summed E-state index contributed by atoms with van der Waals surface area (Å²) >= 11 is 0. The van der Waals surface area contributed by atoms with E-state index in [1.54, 1.807) is 12.3 Å². The van der Waals surface area contributed by atoms with Gasteiger partial charge >= 0.3 is 0 Å². The quantitative estimate of drug-likeness (QED) is 0.925. The summed E-state index contributed by atoms with van der Waals surface area (Å²) in [4.78, 5) is 29.2. The zero-order valence-corrected chi connectivity index (χ0v) is 13.3. The van der Waals surface area contributed by atoms with Crippen LogP contribution in [0.1, 0.15) is 35.1 Å². The van der Waals surface area contributed by atoms with E-state index in [0.29, 0.717) is 13.1 Å². The highest BCUT2D eigenvalue weighted by Gasteiger charge is 2.53. The third-order valence-corrected chi connectivity index (χ3v) is 5.17. The Balaban J connectivity index is 1.59. The number of aromatic nitrogens is 1. The summed E-state index contributed by atoms with van der Waals surface area (Å²) in [5.74, 6) is 0.234. The highest BCUT2D eigenvalue weighted by Crippen LogP contribution is 2.50. The lowest BCUT2D eigenvalue weighted by atomic mass is 9.92. The topological polar surface area (TPSA) is 53.2 Å². The van der Waals surface area contributed by atoms with Crippen molar-refractivity contribution in [2.45, 2.75) is 38.1 Å². The van der Waals surface area contributed by atoms with Gasteiger partial charge in [0, 0.05) is 25.4 Å². The molecule has 0 saturated heterocycles. The largest absolute Gasteiger partial charge is 0.337 e. The average molecular weight is 308 g/mol. The second-order valence-corrected chi connectivity index (χ2v) is 6.77. The van der Waals surface area contributed by atoms with Crippen LogP contribution in [0.2, 0.25) is 0 Å². The maximum atomic E-state index is 13.1. The molecule has 2 aliphatic rings. The smallest absolute Gasteiger partial charge is 0.248 e. The Kier molecular flexibility index (Phi) is 3.15. The van der Waals surface area contributed by atoms with Crippen molar-refractivity contribution in [3.05, 3.63) is 69.1 Å². The Morgan fingerprint density at radius 1 is 1.17 bits per heavy atom. The van der Waals surface area contributed by atoms with Gasteiger partial charge in [-0.05, 0) is 42.9 Å². The standard InChI is InChI=1S/C19H20N2O2/c1-13-2-4-16(5-3-13)19(7-8-19)18(23)21-9-6-14-10-17(22)20-11-15(14)12-21/h2-5,10-11H,6-9,12H2,1H3,(H,20,22). The summed E-state index contributed by atoms with van der Waals surface area (Å²) < 4.78 is 0. The Morgan fingerprint density at radius 2 is 1.91 bits per heavy atom. The summed E-state index contributed by atoms with van der Waals surface area (Å²) in [5, 5.41) is 0. The molecule has 1 aromatic heterocycles. The summed E-state index contributed by atoms with van der Waals surface area (Å²) in [5.41, 5.74) is 4.10. The fraction of sp³-hybridized carbons (Fsp3) is 0.368. The van der Waals surface area contributed by atoms with Gasteiger partial charge in [0.25, 0.3) is 0 Å². The van der Waals surface area contributed by atoms with Crippen LogP contribution in [0.15, 0.2) is 41.3 Å². The number of carbonyl (C=O) groups is 1. The van der Waals surface area contributed by atoms with Crippen molar-refractivity contribution in [2.24, 2.45) is 0 Å². The molecule has 1 aromatic carbocycles. The Hall–Kier alpha value is -2.36. The van der Waals surface area contributed by atoms with E-state index in [0.717, 1.165) is 36.0 Å². The molecule has 2 heterocycles. The van der Waals surface area contributed by atoms with E-state index in [2.05, 4.69) is 36.2 Å². The van der Waals surface area contributed by atoms with Crippen molar-refractivity contribution < 1.29 is 4.79 Å². The van der Waals surface area contributed by atoms with Crippen LogP contribution in [0.3, 0.4) is 0 Å². The van der Waals surface area contributed by atoms with Crippen LogP contribution >= 0.6 is 0 Å². The molecule has 4 nitrogen and oxygen atoms in total. The number of amides is 1. The van der Waals surface area contributed by atoms with E-state index in [-0.39, 0.29) is 16.9 Å². The number of hydrogen-bond acceptors (Lipinski definition) is 2. The molecular formula is C19H20N2O2. The van der Waals surface area contributed by atoms with Crippen molar-refractivity contribution in [3.8, 4) is 0 Å². The molecule has 0 bridgehead atoms. The van der Waals surface area contributed by atoms with Crippen molar-refractivity contribution in [1.29, 1.82) is 0 Å². The summed E-state index contributed by atoms with van der Waals surface area (Å²) in [6.45, 7) is 3.36. The number of carbonyl (C=O) groups excluding carboxylic acids is 1. The number of nitrogens with one attached hydrogen (secondary N) is 1. The normalized spacial score (nSPS) is 18.4. The number of fused-ring (bicyclic) bond motifs is 1. The van der Waals surface area contributed by atoms with Crippen LogP contribution in [0, 0.1) is 6.92 Å². The predicted octanol–water partition coefficient (Wildman–Crippen LogP) is 2.30. The van der Waals surface area contributed by atoms with E-state index < -0.39 is 0 Å².